The van der Waals surface area contributed by atoms with Crippen molar-refractivity contribution in [3.8, 4) is 0 Å². The molecule has 0 radical (unpaired) electrons. The highest BCUT2D eigenvalue weighted by atomic mass is 16.7. The number of rotatable bonds is 39. The molecular weight excluding hydrogens is 847 g/mol. The van der Waals surface area contributed by atoms with Crippen LogP contribution in [0.25, 0.3) is 0 Å². The molecule has 14 nitrogen and oxygen atoms in total. The average molecular weight is 940 g/mol. The number of amides is 1. The number of carbonyl (C=O) groups excluding carboxylic acids is 1. The van der Waals surface area contributed by atoms with Crippen molar-refractivity contribution in [3.63, 3.8) is 0 Å². The molecule has 0 aromatic heterocycles. The molecular formula is C52H93NO13. The van der Waals surface area contributed by atoms with Gasteiger partial charge < -0.3 is 65.1 Å². The zero-order valence-corrected chi connectivity index (χ0v) is 40.7. The zero-order valence-electron chi connectivity index (χ0n) is 40.7. The van der Waals surface area contributed by atoms with Crippen LogP contribution in [0, 0.1) is 0 Å². The summed E-state index contributed by atoms with van der Waals surface area (Å²) in [4.78, 5) is 13.2. The van der Waals surface area contributed by atoms with Crippen molar-refractivity contribution in [2.45, 2.75) is 254 Å². The topological polar surface area (TPSA) is 228 Å². The lowest BCUT2D eigenvalue weighted by Crippen LogP contribution is -2.65. The molecule has 9 N–H and O–H groups in total. The third-order valence-corrected chi connectivity index (χ3v) is 12.5. The molecule has 2 fully saturated rings. The summed E-state index contributed by atoms with van der Waals surface area (Å²) in [5.41, 5.74) is 0. The van der Waals surface area contributed by atoms with Gasteiger partial charge in [-0.15, -0.1) is 0 Å². The van der Waals surface area contributed by atoms with Crippen LogP contribution < -0.4 is 5.32 Å². The quantitative estimate of drug-likeness (QED) is 0.0227. The fraction of sp³-hybridized carbons (Fsp3) is 0.827. The SMILES string of the molecule is CCCCCC/C=C\C/C=C\CCCCCCCC(=O)NC(COC1OC(CO)C(OC2OC(CO)C(O)C(O)C2O)C(O)C1O)C(O)/C=C/CC/C=C/CCCCCCCCCCCC. The van der Waals surface area contributed by atoms with Crippen LogP contribution in [-0.4, -0.2) is 140 Å². The number of aliphatic hydroxyl groups excluding tert-OH is 8. The van der Waals surface area contributed by atoms with Crippen molar-refractivity contribution in [1.29, 1.82) is 0 Å². The zero-order chi connectivity index (χ0) is 48.2. The monoisotopic (exact) mass is 940 g/mol. The first-order valence-electron chi connectivity index (χ1n) is 25.9. The highest BCUT2D eigenvalue weighted by Gasteiger charge is 2.51. The van der Waals surface area contributed by atoms with Gasteiger partial charge in [0.15, 0.2) is 12.6 Å². The van der Waals surface area contributed by atoms with E-state index in [-0.39, 0.29) is 18.9 Å². The molecule has 66 heavy (non-hydrogen) atoms. The Balaban J connectivity index is 1.88. The van der Waals surface area contributed by atoms with Gasteiger partial charge in [0.2, 0.25) is 5.91 Å². The predicted octanol–water partition coefficient (Wildman–Crippen LogP) is 6.88. The summed E-state index contributed by atoms with van der Waals surface area (Å²) in [5, 5.41) is 86.7. The van der Waals surface area contributed by atoms with E-state index >= 15 is 0 Å². The van der Waals surface area contributed by atoms with E-state index in [1.165, 1.54) is 89.9 Å². The normalized spacial score (nSPS) is 27.2. The van der Waals surface area contributed by atoms with Crippen LogP contribution in [-0.2, 0) is 23.7 Å². The highest BCUT2D eigenvalue weighted by Crippen LogP contribution is 2.30. The van der Waals surface area contributed by atoms with Crippen LogP contribution in [0.15, 0.2) is 48.6 Å². The maximum atomic E-state index is 13.2. The second kappa shape index (κ2) is 38.8. The number of hydrogen-bond acceptors (Lipinski definition) is 13. The van der Waals surface area contributed by atoms with E-state index in [1.54, 1.807) is 6.08 Å². The summed E-state index contributed by atoms with van der Waals surface area (Å²) in [6.07, 6.45) is 28.6. The largest absolute Gasteiger partial charge is 0.394 e. The van der Waals surface area contributed by atoms with Crippen LogP contribution in [0.3, 0.4) is 0 Å². The Bertz CT molecular complexity index is 1290. The first kappa shape index (κ1) is 60.1. The van der Waals surface area contributed by atoms with Crippen molar-refractivity contribution in [2.24, 2.45) is 0 Å². The van der Waals surface area contributed by atoms with Crippen LogP contribution >= 0.6 is 0 Å². The lowest BCUT2D eigenvalue weighted by atomic mass is 9.97. The number of allylic oxidation sites excluding steroid dienone is 7. The number of ether oxygens (including phenoxy) is 4. The minimum Gasteiger partial charge on any atom is -0.394 e. The molecule has 1 amide bonds. The number of carbonyl (C=O) groups is 1. The first-order chi connectivity index (χ1) is 32.1. The van der Waals surface area contributed by atoms with Gasteiger partial charge in [-0.1, -0.05) is 159 Å². The van der Waals surface area contributed by atoms with Gasteiger partial charge in [-0.05, 0) is 64.2 Å². The average Bonchev–Trinajstić information content (AvgIpc) is 3.31. The third kappa shape index (κ3) is 25.5. The minimum absolute atomic E-state index is 0.256. The van der Waals surface area contributed by atoms with Crippen LogP contribution in [0.2, 0.25) is 0 Å². The van der Waals surface area contributed by atoms with Gasteiger partial charge in [-0.2, -0.15) is 0 Å². The van der Waals surface area contributed by atoms with Crippen molar-refractivity contribution in [3.05, 3.63) is 48.6 Å². The van der Waals surface area contributed by atoms with Gasteiger partial charge in [0.1, 0.15) is 48.8 Å². The summed E-state index contributed by atoms with van der Waals surface area (Å²) in [7, 11) is 0. The lowest BCUT2D eigenvalue weighted by molar-refractivity contribution is -0.359. The van der Waals surface area contributed by atoms with Gasteiger partial charge in [0.05, 0.1) is 32.0 Å². The van der Waals surface area contributed by atoms with Crippen LogP contribution in [0.1, 0.15) is 181 Å². The molecule has 384 valence electrons. The van der Waals surface area contributed by atoms with Crippen molar-refractivity contribution in [2.75, 3.05) is 19.8 Å². The molecule has 12 atom stereocenters. The van der Waals surface area contributed by atoms with E-state index in [0.29, 0.717) is 12.8 Å². The molecule has 0 aliphatic carbocycles. The Hall–Kier alpha value is -2.05. The first-order valence-corrected chi connectivity index (χ1v) is 25.9. The number of nitrogens with one attached hydrogen (secondary N) is 1. The fourth-order valence-corrected chi connectivity index (χ4v) is 8.22. The molecule has 0 aromatic rings. The summed E-state index contributed by atoms with van der Waals surface area (Å²) in [6, 6.07) is -0.938. The minimum atomic E-state index is -1.79. The summed E-state index contributed by atoms with van der Waals surface area (Å²) in [5.74, 6) is -0.265. The van der Waals surface area contributed by atoms with Gasteiger partial charge in [0, 0.05) is 6.42 Å². The Morgan fingerprint density at radius 1 is 0.545 bits per heavy atom. The Kier molecular flexibility index (Phi) is 35.3. The number of aliphatic hydroxyl groups is 8. The molecule has 14 heteroatoms. The molecule has 12 unspecified atom stereocenters. The standard InChI is InChI=1S/C52H93NO13/c1-3-5-7-9-11-13-15-17-19-21-23-25-27-29-31-33-35-41(56)40(53-44(57)36-34-32-30-28-26-24-22-20-18-16-14-12-10-8-6-4-2)39-63-51-49(62)47(60)50(43(38-55)65-51)66-52-48(61)46(59)45(58)42(37-54)64-52/h14,16,20,22,25,27,33,35,40-43,45-52,54-56,58-62H,3-13,15,17-19,21,23-24,26,28-32,34,36-39H2,1-2H3,(H,53,57)/b16-14-,22-20-,27-25+,35-33+. The van der Waals surface area contributed by atoms with Gasteiger partial charge in [-0.25, -0.2) is 0 Å². The summed E-state index contributed by atoms with van der Waals surface area (Å²) in [6.45, 7) is 2.73. The van der Waals surface area contributed by atoms with E-state index in [9.17, 15) is 45.6 Å². The fourth-order valence-electron chi connectivity index (χ4n) is 8.22. The van der Waals surface area contributed by atoms with Crippen molar-refractivity contribution in [1.82, 2.24) is 5.32 Å². The maximum Gasteiger partial charge on any atom is 0.220 e. The molecule has 2 aliphatic rings. The maximum absolute atomic E-state index is 13.2. The van der Waals surface area contributed by atoms with E-state index < -0.39 is 86.8 Å². The van der Waals surface area contributed by atoms with E-state index in [2.05, 4.69) is 55.6 Å². The Labute approximate surface area is 397 Å². The molecule has 2 aliphatic heterocycles. The predicted molar refractivity (Wildman–Crippen MR) is 258 cm³/mol. The second-order valence-corrected chi connectivity index (χ2v) is 18.3. The number of unbranched alkanes of at least 4 members (excludes halogenated alkanes) is 20. The molecule has 0 aromatic carbocycles. The molecule has 2 rings (SSSR count). The molecule has 2 saturated heterocycles. The van der Waals surface area contributed by atoms with E-state index in [0.717, 1.165) is 57.8 Å². The Morgan fingerprint density at radius 3 is 1.59 bits per heavy atom. The van der Waals surface area contributed by atoms with E-state index in [1.807, 2.05) is 6.08 Å². The Morgan fingerprint density at radius 2 is 1.02 bits per heavy atom. The van der Waals surface area contributed by atoms with Crippen LogP contribution in [0.4, 0.5) is 0 Å². The number of hydrogen-bond donors (Lipinski definition) is 9. The second-order valence-electron chi connectivity index (χ2n) is 18.3. The molecule has 2 heterocycles. The third-order valence-electron chi connectivity index (χ3n) is 12.5. The van der Waals surface area contributed by atoms with Gasteiger partial charge in [-0.3, -0.25) is 4.79 Å². The molecule has 0 bridgehead atoms. The summed E-state index contributed by atoms with van der Waals surface area (Å²) >= 11 is 0. The smallest absolute Gasteiger partial charge is 0.220 e. The van der Waals surface area contributed by atoms with Crippen molar-refractivity contribution < 1.29 is 64.6 Å². The summed E-state index contributed by atoms with van der Waals surface area (Å²) < 4.78 is 22.7. The van der Waals surface area contributed by atoms with Gasteiger partial charge in [0.25, 0.3) is 0 Å². The van der Waals surface area contributed by atoms with Crippen molar-refractivity contribution >= 4 is 5.91 Å². The molecule has 0 spiro atoms. The molecule has 0 saturated carbocycles. The highest BCUT2D eigenvalue weighted by molar-refractivity contribution is 5.76. The lowest BCUT2D eigenvalue weighted by Gasteiger charge is -2.46. The van der Waals surface area contributed by atoms with E-state index in [4.69, 9.17) is 18.9 Å². The van der Waals surface area contributed by atoms with Gasteiger partial charge >= 0.3 is 0 Å². The van der Waals surface area contributed by atoms with Crippen LogP contribution in [0.5, 0.6) is 0 Å².